The number of carbonyl (C=O) groups is 1. The normalized spacial score (nSPS) is 11.2. The Morgan fingerprint density at radius 3 is 2.62 bits per heavy atom. The number of anilines is 1. The molecule has 136 valence electrons. The van der Waals surface area contributed by atoms with Gasteiger partial charge in [-0.1, -0.05) is 35.9 Å². The lowest BCUT2D eigenvalue weighted by molar-refractivity contribution is -0.116. The van der Waals surface area contributed by atoms with E-state index in [0.29, 0.717) is 21.8 Å². The summed E-state index contributed by atoms with van der Waals surface area (Å²) in [6, 6.07) is 15.5. The summed E-state index contributed by atoms with van der Waals surface area (Å²) in [5.41, 5.74) is 1.59. The van der Waals surface area contributed by atoms with E-state index in [1.165, 1.54) is 4.31 Å². The minimum absolute atomic E-state index is 0.0195. The number of amides is 1. The van der Waals surface area contributed by atoms with Crippen molar-refractivity contribution in [2.45, 2.75) is 13.0 Å². The van der Waals surface area contributed by atoms with Crippen LogP contribution in [0.3, 0.4) is 0 Å². The lowest BCUT2D eigenvalue weighted by Crippen LogP contribution is -2.32. The Balaban J connectivity index is 2.02. The van der Waals surface area contributed by atoms with Crippen LogP contribution < -0.4 is 5.32 Å². The largest absolute Gasteiger partial charge is 0.326 e. The van der Waals surface area contributed by atoms with Crippen molar-refractivity contribution in [3.63, 3.8) is 0 Å². The number of benzene rings is 2. The molecule has 1 N–H and O–H groups in total. The van der Waals surface area contributed by atoms with Gasteiger partial charge in [0.2, 0.25) is 15.9 Å². The van der Waals surface area contributed by atoms with Crippen LogP contribution in [-0.2, 0) is 21.4 Å². The zero-order valence-electron chi connectivity index (χ0n) is 14.1. The van der Waals surface area contributed by atoms with Crippen molar-refractivity contribution < 1.29 is 13.2 Å². The standard InChI is InChI=1S/C18H18ClN3O3S/c1-26(24,25)22(13-15-6-2-3-8-17(15)19)10-9-18(23)21-16-7-4-5-14(11-16)12-20/h2-8,11H,9-10,13H2,1H3,(H,21,23). The number of hydrogen-bond acceptors (Lipinski definition) is 4. The van der Waals surface area contributed by atoms with E-state index in [0.717, 1.165) is 6.26 Å². The average molecular weight is 392 g/mol. The zero-order chi connectivity index (χ0) is 19.2. The molecule has 0 radical (unpaired) electrons. The van der Waals surface area contributed by atoms with E-state index in [-0.39, 0.29) is 25.4 Å². The van der Waals surface area contributed by atoms with Crippen LogP contribution in [0.1, 0.15) is 17.5 Å². The Morgan fingerprint density at radius 1 is 1.23 bits per heavy atom. The first-order valence-corrected chi connectivity index (χ1v) is 10.0. The summed E-state index contributed by atoms with van der Waals surface area (Å²) >= 11 is 6.09. The monoisotopic (exact) mass is 391 g/mol. The first-order chi connectivity index (χ1) is 12.3. The number of carbonyl (C=O) groups excluding carboxylic acids is 1. The average Bonchev–Trinajstić information content (AvgIpc) is 2.59. The highest BCUT2D eigenvalue weighted by Gasteiger charge is 2.19. The van der Waals surface area contributed by atoms with Gasteiger partial charge in [0, 0.05) is 30.2 Å². The van der Waals surface area contributed by atoms with Gasteiger partial charge in [-0.3, -0.25) is 4.79 Å². The van der Waals surface area contributed by atoms with Gasteiger partial charge >= 0.3 is 0 Å². The van der Waals surface area contributed by atoms with Gasteiger partial charge in [0.05, 0.1) is 17.9 Å². The molecule has 2 aromatic rings. The van der Waals surface area contributed by atoms with Gasteiger partial charge in [-0.2, -0.15) is 9.57 Å². The molecule has 2 rings (SSSR count). The second-order valence-corrected chi connectivity index (χ2v) is 8.07. The Morgan fingerprint density at radius 2 is 1.96 bits per heavy atom. The predicted molar refractivity (Wildman–Crippen MR) is 101 cm³/mol. The van der Waals surface area contributed by atoms with Gasteiger partial charge in [-0.05, 0) is 29.8 Å². The molecule has 0 aliphatic heterocycles. The highest BCUT2D eigenvalue weighted by molar-refractivity contribution is 7.88. The van der Waals surface area contributed by atoms with Crippen LogP contribution in [0.2, 0.25) is 5.02 Å². The third kappa shape index (κ3) is 5.85. The molecule has 1 amide bonds. The molecular weight excluding hydrogens is 374 g/mol. The fourth-order valence-corrected chi connectivity index (χ4v) is 3.29. The van der Waals surface area contributed by atoms with E-state index in [4.69, 9.17) is 16.9 Å². The van der Waals surface area contributed by atoms with Crippen molar-refractivity contribution in [3.05, 3.63) is 64.7 Å². The minimum Gasteiger partial charge on any atom is -0.326 e. The van der Waals surface area contributed by atoms with Crippen LogP contribution in [-0.4, -0.2) is 31.4 Å². The molecule has 0 bridgehead atoms. The number of nitriles is 1. The molecule has 0 atom stereocenters. The van der Waals surface area contributed by atoms with Crippen molar-refractivity contribution in [2.24, 2.45) is 0 Å². The summed E-state index contributed by atoms with van der Waals surface area (Å²) in [6.07, 6.45) is 1.08. The van der Waals surface area contributed by atoms with Crippen LogP contribution >= 0.6 is 11.6 Å². The van der Waals surface area contributed by atoms with E-state index in [9.17, 15) is 13.2 Å². The Labute approximate surface area is 158 Å². The van der Waals surface area contributed by atoms with Crippen molar-refractivity contribution in [2.75, 3.05) is 18.1 Å². The predicted octanol–water partition coefficient (Wildman–Crippen LogP) is 3.00. The van der Waals surface area contributed by atoms with Gasteiger partial charge in [-0.25, -0.2) is 8.42 Å². The summed E-state index contributed by atoms with van der Waals surface area (Å²) in [6.45, 7) is 0.115. The zero-order valence-corrected chi connectivity index (χ0v) is 15.7. The van der Waals surface area contributed by atoms with Crippen LogP contribution in [0.15, 0.2) is 48.5 Å². The molecule has 0 aliphatic carbocycles. The number of hydrogen-bond donors (Lipinski definition) is 1. The van der Waals surface area contributed by atoms with Crippen LogP contribution in [0.5, 0.6) is 0 Å². The van der Waals surface area contributed by atoms with Gasteiger partial charge < -0.3 is 5.32 Å². The highest BCUT2D eigenvalue weighted by Crippen LogP contribution is 2.18. The Hall–Kier alpha value is -2.40. The maximum absolute atomic E-state index is 12.1. The molecule has 0 aromatic heterocycles. The van der Waals surface area contributed by atoms with Crippen molar-refractivity contribution in [3.8, 4) is 6.07 Å². The Kier molecular flexibility index (Phi) is 6.75. The van der Waals surface area contributed by atoms with Crippen molar-refractivity contribution in [1.82, 2.24) is 4.31 Å². The number of rotatable bonds is 7. The highest BCUT2D eigenvalue weighted by atomic mass is 35.5. The minimum atomic E-state index is -3.51. The SMILES string of the molecule is CS(=O)(=O)N(CCC(=O)Nc1cccc(C#N)c1)Cc1ccccc1Cl. The number of sulfonamides is 1. The van der Waals surface area contributed by atoms with Crippen LogP contribution in [0.25, 0.3) is 0 Å². The third-order valence-corrected chi connectivity index (χ3v) is 5.26. The fraction of sp³-hybridized carbons (Fsp3) is 0.222. The first kappa shape index (κ1) is 19.9. The molecule has 0 aliphatic rings. The molecule has 0 fully saturated rings. The quantitative estimate of drug-likeness (QED) is 0.785. The summed E-state index contributed by atoms with van der Waals surface area (Å²) < 4.78 is 25.2. The summed E-state index contributed by atoms with van der Waals surface area (Å²) in [5.74, 6) is -0.340. The van der Waals surface area contributed by atoms with E-state index in [2.05, 4.69) is 5.32 Å². The molecular formula is C18H18ClN3O3S. The number of halogens is 1. The van der Waals surface area contributed by atoms with Crippen LogP contribution in [0, 0.1) is 11.3 Å². The van der Waals surface area contributed by atoms with Crippen molar-refractivity contribution >= 4 is 33.2 Å². The van der Waals surface area contributed by atoms with Gasteiger partial charge in [0.25, 0.3) is 0 Å². The smallest absolute Gasteiger partial charge is 0.225 e. The molecule has 0 spiro atoms. The van der Waals surface area contributed by atoms with E-state index in [1.807, 2.05) is 6.07 Å². The molecule has 0 saturated heterocycles. The summed E-state index contributed by atoms with van der Waals surface area (Å²) in [7, 11) is -3.51. The maximum Gasteiger partial charge on any atom is 0.225 e. The number of nitrogens with zero attached hydrogens (tertiary/aromatic N) is 2. The third-order valence-electron chi connectivity index (χ3n) is 3.64. The fourth-order valence-electron chi connectivity index (χ4n) is 2.29. The Bertz CT molecular complexity index is 939. The second-order valence-electron chi connectivity index (χ2n) is 5.68. The lowest BCUT2D eigenvalue weighted by atomic mass is 10.2. The summed E-state index contributed by atoms with van der Waals surface area (Å²) in [5, 5.41) is 12.0. The number of nitrogens with one attached hydrogen (secondary N) is 1. The van der Waals surface area contributed by atoms with E-state index in [1.54, 1.807) is 48.5 Å². The molecule has 0 unspecified atom stereocenters. The maximum atomic E-state index is 12.1. The van der Waals surface area contributed by atoms with E-state index >= 15 is 0 Å². The molecule has 0 heterocycles. The molecule has 8 heteroatoms. The second kappa shape index (κ2) is 8.81. The molecule has 26 heavy (non-hydrogen) atoms. The topological polar surface area (TPSA) is 90.3 Å². The van der Waals surface area contributed by atoms with E-state index < -0.39 is 10.0 Å². The van der Waals surface area contributed by atoms with Gasteiger partial charge in [0.15, 0.2) is 0 Å². The molecule has 6 nitrogen and oxygen atoms in total. The van der Waals surface area contributed by atoms with Gasteiger partial charge in [0.1, 0.15) is 0 Å². The van der Waals surface area contributed by atoms with Gasteiger partial charge in [-0.15, -0.1) is 0 Å². The molecule has 0 saturated carbocycles. The molecule has 2 aromatic carbocycles. The first-order valence-electron chi connectivity index (χ1n) is 7.78. The van der Waals surface area contributed by atoms with Crippen molar-refractivity contribution in [1.29, 1.82) is 5.26 Å². The summed E-state index contributed by atoms with van der Waals surface area (Å²) in [4.78, 5) is 12.1. The van der Waals surface area contributed by atoms with Crippen LogP contribution in [0.4, 0.5) is 5.69 Å². The lowest BCUT2D eigenvalue weighted by Gasteiger charge is -2.20.